The predicted molar refractivity (Wildman–Crippen MR) is 108 cm³/mol. The van der Waals surface area contributed by atoms with E-state index in [-0.39, 0.29) is 24.2 Å². The zero-order valence-electron chi connectivity index (χ0n) is 17.4. The number of H-pyrrole nitrogens is 1. The SMILES string of the molecule is CC(C)NC(=O)O[C@H]1CO[C@@H](c2cc(Nc3ccc4c(n3)C(C)(C)NC4=O)n[nH]2)C1. The van der Waals surface area contributed by atoms with E-state index in [0.29, 0.717) is 35.9 Å². The van der Waals surface area contributed by atoms with E-state index in [1.165, 1.54) is 0 Å². The van der Waals surface area contributed by atoms with E-state index in [9.17, 15) is 9.59 Å². The minimum atomic E-state index is -0.518. The highest BCUT2D eigenvalue weighted by Crippen LogP contribution is 2.32. The van der Waals surface area contributed by atoms with Crippen molar-refractivity contribution in [2.75, 3.05) is 11.9 Å². The lowest BCUT2D eigenvalue weighted by molar-refractivity contribution is 0.0682. The Balaban J connectivity index is 1.39. The smallest absolute Gasteiger partial charge is 0.407 e. The van der Waals surface area contributed by atoms with Gasteiger partial charge in [-0.15, -0.1) is 0 Å². The van der Waals surface area contributed by atoms with Crippen molar-refractivity contribution < 1.29 is 19.1 Å². The third-order valence-corrected chi connectivity index (χ3v) is 5.00. The molecule has 2 aromatic heterocycles. The van der Waals surface area contributed by atoms with Crippen LogP contribution in [-0.4, -0.2) is 45.9 Å². The van der Waals surface area contributed by atoms with Crippen LogP contribution >= 0.6 is 0 Å². The molecule has 0 spiro atoms. The summed E-state index contributed by atoms with van der Waals surface area (Å²) in [7, 11) is 0. The van der Waals surface area contributed by atoms with Crippen molar-refractivity contribution in [3.8, 4) is 0 Å². The maximum Gasteiger partial charge on any atom is 0.407 e. The molecule has 10 nitrogen and oxygen atoms in total. The van der Waals surface area contributed by atoms with E-state index in [1.807, 2.05) is 33.8 Å². The van der Waals surface area contributed by atoms with Gasteiger partial charge in [0.1, 0.15) is 18.0 Å². The van der Waals surface area contributed by atoms with Crippen LogP contribution in [0.4, 0.5) is 16.4 Å². The number of aromatic nitrogens is 3. The van der Waals surface area contributed by atoms with Gasteiger partial charge in [-0.3, -0.25) is 9.89 Å². The number of alkyl carbamates (subject to hydrolysis) is 1. The molecule has 4 heterocycles. The molecule has 2 aliphatic heterocycles. The van der Waals surface area contributed by atoms with Crippen LogP contribution in [0.5, 0.6) is 0 Å². The van der Waals surface area contributed by atoms with E-state index >= 15 is 0 Å². The largest absolute Gasteiger partial charge is 0.444 e. The summed E-state index contributed by atoms with van der Waals surface area (Å²) in [5, 5.41) is 16.0. The Morgan fingerprint density at radius 2 is 2.13 bits per heavy atom. The van der Waals surface area contributed by atoms with Crippen LogP contribution in [0.1, 0.15) is 62.0 Å². The molecule has 1 saturated heterocycles. The number of amides is 2. The highest BCUT2D eigenvalue weighted by molar-refractivity contribution is 5.99. The molecule has 2 amide bonds. The standard InChI is InChI=1S/C20H26N6O4/c1-10(2)21-19(28)30-11-7-14(29-9-11)13-8-16(26-25-13)22-15-6-5-12-17(23-15)20(3,4)24-18(12)27/h5-6,8,10-11,14H,7,9H2,1-4H3,(H,21,28)(H,24,27)(H2,22,23,25,26)/t11-,14-/m1/s1. The number of anilines is 2. The fraction of sp³-hybridized carbons (Fsp3) is 0.500. The van der Waals surface area contributed by atoms with E-state index in [4.69, 9.17) is 9.47 Å². The van der Waals surface area contributed by atoms with E-state index in [0.717, 1.165) is 5.69 Å². The molecule has 10 heteroatoms. The number of hydrogen-bond acceptors (Lipinski definition) is 7. The fourth-order valence-corrected chi connectivity index (χ4v) is 3.61. The first kappa shape index (κ1) is 20.1. The van der Waals surface area contributed by atoms with Gasteiger partial charge in [0.05, 0.1) is 29.1 Å². The molecule has 2 atom stereocenters. The average Bonchev–Trinajstić information content (AvgIpc) is 3.34. The summed E-state index contributed by atoms with van der Waals surface area (Å²) in [5.74, 6) is 1.06. The molecule has 4 N–H and O–H groups in total. The monoisotopic (exact) mass is 414 g/mol. The van der Waals surface area contributed by atoms with Gasteiger partial charge in [-0.2, -0.15) is 5.10 Å². The second kappa shape index (κ2) is 7.60. The van der Waals surface area contributed by atoms with Gasteiger partial charge in [-0.25, -0.2) is 9.78 Å². The number of nitrogens with one attached hydrogen (secondary N) is 4. The van der Waals surface area contributed by atoms with Gasteiger partial charge >= 0.3 is 6.09 Å². The minimum absolute atomic E-state index is 0.0177. The number of carbonyl (C=O) groups excluding carboxylic acids is 2. The maximum atomic E-state index is 12.0. The topological polar surface area (TPSA) is 130 Å². The summed E-state index contributed by atoms with van der Waals surface area (Å²) in [6.07, 6.45) is -0.436. The van der Waals surface area contributed by atoms with Gasteiger partial charge < -0.3 is 25.4 Å². The first-order valence-electron chi connectivity index (χ1n) is 9.96. The second-order valence-electron chi connectivity index (χ2n) is 8.39. The van der Waals surface area contributed by atoms with Gasteiger partial charge in [0.25, 0.3) is 5.91 Å². The molecule has 0 unspecified atom stereocenters. The van der Waals surface area contributed by atoms with E-state index < -0.39 is 11.6 Å². The fourth-order valence-electron chi connectivity index (χ4n) is 3.61. The molecule has 1 fully saturated rings. The highest BCUT2D eigenvalue weighted by Gasteiger charge is 2.37. The number of ether oxygens (including phenoxy) is 2. The molecular weight excluding hydrogens is 388 g/mol. The van der Waals surface area contributed by atoms with Gasteiger partial charge in [-0.1, -0.05) is 0 Å². The number of rotatable bonds is 5. The molecule has 4 rings (SSSR count). The van der Waals surface area contributed by atoms with Gasteiger partial charge in [-0.05, 0) is 39.8 Å². The number of aromatic amines is 1. The van der Waals surface area contributed by atoms with Crippen LogP contribution in [0.25, 0.3) is 0 Å². The Bertz CT molecular complexity index is 970. The van der Waals surface area contributed by atoms with Gasteiger partial charge in [0.15, 0.2) is 5.82 Å². The number of nitrogens with zero attached hydrogens (tertiary/aromatic N) is 2. The van der Waals surface area contributed by atoms with Crippen LogP contribution in [-0.2, 0) is 15.0 Å². The normalized spacial score (nSPS) is 22.0. The molecule has 0 aliphatic carbocycles. The summed E-state index contributed by atoms with van der Waals surface area (Å²) in [4.78, 5) is 28.3. The molecule has 30 heavy (non-hydrogen) atoms. The first-order chi connectivity index (χ1) is 14.2. The van der Waals surface area contributed by atoms with Crippen LogP contribution < -0.4 is 16.0 Å². The Morgan fingerprint density at radius 1 is 1.33 bits per heavy atom. The Kier molecular flexibility index (Phi) is 5.10. The van der Waals surface area contributed by atoms with Crippen molar-refractivity contribution in [1.29, 1.82) is 0 Å². The Labute approximate surface area is 174 Å². The van der Waals surface area contributed by atoms with Crippen molar-refractivity contribution in [3.05, 3.63) is 35.2 Å². The van der Waals surface area contributed by atoms with Gasteiger partial charge in [0.2, 0.25) is 0 Å². The van der Waals surface area contributed by atoms with E-state index in [1.54, 1.807) is 12.1 Å². The lowest BCUT2D eigenvalue weighted by atomic mass is 10.0. The molecule has 0 aromatic carbocycles. The summed E-state index contributed by atoms with van der Waals surface area (Å²) < 4.78 is 11.1. The van der Waals surface area contributed by atoms with Crippen LogP contribution in [0.2, 0.25) is 0 Å². The molecule has 160 valence electrons. The van der Waals surface area contributed by atoms with Crippen molar-refractivity contribution in [2.24, 2.45) is 0 Å². The zero-order valence-corrected chi connectivity index (χ0v) is 17.4. The summed E-state index contributed by atoms with van der Waals surface area (Å²) >= 11 is 0. The molecular formula is C20H26N6O4. The Morgan fingerprint density at radius 3 is 2.90 bits per heavy atom. The van der Waals surface area contributed by atoms with Crippen LogP contribution in [0.15, 0.2) is 18.2 Å². The van der Waals surface area contributed by atoms with Crippen LogP contribution in [0.3, 0.4) is 0 Å². The summed E-state index contributed by atoms with van der Waals surface area (Å²) in [5.41, 5.74) is 1.55. The lowest BCUT2D eigenvalue weighted by Crippen LogP contribution is -2.33. The lowest BCUT2D eigenvalue weighted by Gasteiger charge is -2.18. The van der Waals surface area contributed by atoms with Crippen molar-refractivity contribution in [3.63, 3.8) is 0 Å². The predicted octanol–water partition coefficient (Wildman–Crippen LogP) is 2.49. The molecule has 0 saturated carbocycles. The van der Waals surface area contributed by atoms with Crippen molar-refractivity contribution in [1.82, 2.24) is 25.8 Å². The van der Waals surface area contributed by atoms with Crippen LogP contribution in [0, 0.1) is 0 Å². The maximum absolute atomic E-state index is 12.0. The number of hydrogen-bond donors (Lipinski definition) is 4. The molecule has 2 aliphatic rings. The average molecular weight is 414 g/mol. The van der Waals surface area contributed by atoms with Crippen molar-refractivity contribution >= 4 is 23.6 Å². The third kappa shape index (κ3) is 4.09. The second-order valence-corrected chi connectivity index (χ2v) is 8.39. The minimum Gasteiger partial charge on any atom is -0.444 e. The van der Waals surface area contributed by atoms with Crippen molar-refractivity contribution in [2.45, 2.75) is 57.9 Å². The zero-order chi connectivity index (χ0) is 21.5. The number of fused-ring (bicyclic) bond motifs is 1. The summed E-state index contributed by atoms with van der Waals surface area (Å²) in [6.45, 7) is 7.91. The highest BCUT2D eigenvalue weighted by atomic mass is 16.6. The first-order valence-corrected chi connectivity index (χ1v) is 9.96. The van der Waals surface area contributed by atoms with E-state index in [2.05, 4.69) is 31.1 Å². The van der Waals surface area contributed by atoms with Gasteiger partial charge in [0, 0.05) is 18.5 Å². The number of carbonyl (C=O) groups is 2. The molecule has 0 radical (unpaired) electrons. The summed E-state index contributed by atoms with van der Waals surface area (Å²) in [6, 6.07) is 5.36. The third-order valence-electron chi connectivity index (χ3n) is 5.00. The molecule has 0 bridgehead atoms. The molecule has 2 aromatic rings. The quantitative estimate of drug-likeness (QED) is 0.591. The Hall–Kier alpha value is -3.14. The number of pyridine rings is 1.